The second-order valence-electron chi connectivity index (χ2n) is 4.93. The summed E-state index contributed by atoms with van der Waals surface area (Å²) in [6.45, 7) is 5.55. The molecular formula is C13H23N3O. The second kappa shape index (κ2) is 5.08. The number of ether oxygens (including phenoxy) is 1. The van der Waals surface area contributed by atoms with Crippen molar-refractivity contribution in [3.63, 3.8) is 0 Å². The van der Waals surface area contributed by atoms with Crippen molar-refractivity contribution >= 4 is 0 Å². The van der Waals surface area contributed by atoms with Crippen molar-refractivity contribution in [1.29, 1.82) is 0 Å². The molecular weight excluding hydrogens is 214 g/mol. The summed E-state index contributed by atoms with van der Waals surface area (Å²) in [5.74, 6) is 2.13. The van der Waals surface area contributed by atoms with Crippen molar-refractivity contribution in [2.75, 3.05) is 13.7 Å². The third-order valence-corrected chi connectivity index (χ3v) is 4.04. The van der Waals surface area contributed by atoms with Crippen LogP contribution in [0.25, 0.3) is 0 Å². The molecule has 96 valence electrons. The molecule has 0 spiro atoms. The Morgan fingerprint density at radius 1 is 1.53 bits per heavy atom. The molecule has 4 heteroatoms. The SMILES string of the molecule is CCNC1CCC(c2c(OC)cnn2C)C1C. The number of methoxy groups -OCH3 is 1. The largest absolute Gasteiger partial charge is 0.493 e. The van der Waals surface area contributed by atoms with Crippen LogP contribution < -0.4 is 10.1 Å². The molecule has 17 heavy (non-hydrogen) atoms. The monoisotopic (exact) mass is 237 g/mol. The van der Waals surface area contributed by atoms with Crippen LogP contribution in [0.3, 0.4) is 0 Å². The van der Waals surface area contributed by atoms with E-state index < -0.39 is 0 Å². The Labute approximate surface area is 103 Å². The predicted molar refractivity (Wildman–Crippen MR) is 68.4 cm³/mol. The van der Waals surface area contributed by atoms with Crippen LogP contribution in [0.4, 0.5) is 0 Å². The summed E-state index contributed by atoms with van der Waals surface area (Å²) in [6, 6.07) is 0.629. The first-order chi connectivity index (χ1) is 8.19. The van der Waals surface area contributed by atoms with Gasteiger partial charge in [-0.3, -0.25) is 4.68 Å². The average molecular weight is 237 g/mol. The Kier molecular flexibility index (Phi) is 3.72. The zero-order chi connectivity index (χ0) is 12.4. The fraction of sp³-hybridized carbons (Fsp3) is 0.769. The van der Waals surface area contributed by atoms with Crippen LogP contribution in [0.5, 0.6) is 5.75 Å². The van der Waals surface area contributed by atoms with Gasteiger partial charge in [0, 0.05) is 19.0 Å². The van der Waals surface area contributed by atoms with Gasteiger partial charge in [-0.1, -0.05) is 13.8 Å². The summed E-state index contributed by atoms with van der Waals surface area (Å²) in [5, 5.41) is 7.88. The number of aryl methyl sites for hydroxylation is 1. The van der Waals surface area contributed by atoms with Crippen LogP contribution in [0, 0.1) is 5.92 Å². The zero-order valence-corrected chi connectivity index (χ0v) is 11.2. The number of nitrogens with zero attached hydrogens (tertiary/aromatic N) is 2. The van der Waals surface area contributed by atoms with Crippen LogP contribution in [-0.4, -0.2) is 29.5 Å². The van der Waals surface area contributed by atoms with E-state index in [0.29, 0.717) is 17.9 Å². The summed E-state index contributed by atoms with van der Waals surface area (Å²) in [5.41, 5.74) is 1.25. The molecule has 0 bridgehead atoms. The van der Waals surface area contributed by atoms with E-state index in [0.717, 1.165) is 12.3 Å². The molecule has 1 saturated carbocycles. The number of aromatic nitrogens is 2. The first-order valence-electron chi connectivity index (χ1n) is 6.48. The number of hydrogen-bond acceptors (Lipinski definition) is 3. The van der Waals surface area contributed by atoms with Crippen molar-refractivity contribution in [2.24, 2.45) is 13.0 Å². The summed E-state index contributed by atoms with van der Waals surface area (Å²) < 4.78 is 7.38. The molecule has 1 aliphatic rings. The predicted octanol–water partition coefficient (Wildman–Crippen LogP) is 1.92. The molecule has 0 amide bonds. The van der Waals surface area contributed by atoms with Crippen molar-refractivity contribution in [2.45, 2.75) is 38.6 Å². The summed E-state index contributed by atoms with van der Waals surface area (Å²) >= 11 is 0. The van der Waals surface area contributed by atoms with Crippen LogP contribution >= 0.6 is 0 Å². The Morgan fingerprint density at radius 2 is 2.29 bits per heavy atom. The minimum absolute atomic E-state index is 0.557. The van der Waals surface area contributed by atoms with Gasteiger partial charge in [0.2, 0.25) is 0 Å². The molecule has 3 atom stereocenters. The standard InChI is InChI=1S/C13H23N3O/c1-5-14-11-7-6-10(9(11)2)13-12(17-4)8-15-16(13)3/h8-11,14H,5-7H2,1-4H3. The minimum Gasteiger partial charge on any atom is -0.493 e. The molecule has 1 heterocycles. The molecule has 1 fully saturated rings. The molecule has 1 N–H and O–H groups in total. The van der Waals surface area contributed by atoms with E-state index >= 15 is 0 Å². The van der Waals surface area contributed by atoms with E-state index in [1.807, 2.05) is 17.9 Å². The molecule has 3 unspecified atom stereocenters. The van der Waals surface area contributed by atoms with Gasteiger partial charge in [0.15, 0.2) is 5.75 Å². The quantitative estimate of drug-likeness (QED) is 0.869. The summed E-state index contributed by atoms with van der Waals surface area (Å²) in [6.07, 6.45) is 4.28. The number of rotatable bonds is 4. The van der Waals surface area contributed by atoms with Crippen LogP contribution in [0.2, 0.25) is 0 Å². The molecule has 0 aromatic carbocycles. The lowest BCUT2D eigenvalue weighted by molar-refractivity contribution is 0.375. The van der Waals surface area contributed by atoms with Gasteiger partial charge >= 0.3 is 0 Å². The van der Waals surface area contributed by atoms with Crippen LogP contribution in [-0.2, 0) is 7.05 Å². The fourth-order valence-corrected chi connectivity index (χ4v) is 3.11. The van der Waals surface area contributed by atoms with Gasteiger partial charge in [-0.05, 0) is 25.3 Å². The van der Waals surface area contributed by atoms with E-state index in [-0.39, 0.29) is 0 Å². The Hall–Kier alpha value is -1.03. The van der Waals surface area contributed by atoms with Gasteiger partial charge in [-0.25, -0.2) is 0 Å². The molecule has 0 radical (unpaired) electrons. The van der Waals surface area contributed by atoms with E-state index in [1.54, 1.807) is 7.11 Å². The third kappa shape index (κ3) is 2.18. The molecule has 1 aromatic heterocycles. The lowest BCUT2D eigenvalue weighted by atomic mass is 9.92. The van der Waals surface area contributed by atoms with Gasteiger partial charge in [0.1, 0.15) is 0 Å². The van der Waals surface area contributed by atoms with Crippen molar-refractivity contribution in [3.8, 4) is 5.75 Å². The average Bonchev–Trinajstić information content (AvgIpc) is 2.84. The summed E-state index contributed by atoms with van der Waals surface area (Å²) in [7, 11) is 3.73. The first kappa shape index (κ1) is 12.4. The lowest BCUT2D eigenvalue weighted by Gasteiger charge is -2.22. The molecule has 0 aliphatic heterocycles. The fourth-order valence-electron chi connectivity index (χ4n) is 3.11. The highest BCUT2D eigenvalue weighted by Crippen LogP contribution is 2.42. The van der Waals surface area contributed by atoms with Gasteiger partial charge < -0.3 is 10.1 Å². The second-order valence-corrected chi connectivity index (χ2v) is 4.93. The van der Waals surface area contributed by atoms with Crippen molar-refractivity contribution in [1.82, 2.24) is 15.1 Å². The topological polar surface area (TPSA) is 39.1 Å². The Bertz CT molecular complexity index is 375. The molecule has 2 rings (SSSR count). The molecule has 1 aliphatic carbocycles. The zero-order valence-electron chi connectivity index (χ0n) is 11.2. The smallest absolute Gasteiger partial charge is 0.160 e. The van der Waals surface area contributed by atoms with Gasteiger partial charge in [-0.15, -0.1) is 0 Å². The number of hydrogen-bond donors (Lipinski definition) is 1. The lowest BCUT2D eigenvalue weighted by Crippen LogP contribution is -2.32. The first-order valence-corrected chi connectivity index (χ1v) is 6.48. The molecule has 1 aromatic rings. The van der Waals surface area contributed by atoms with E-state index in [1.165, 1.54) is 18.5 Å². The minimum atomic E-state index is 0.557. The van der Waals surface area contributed by atoms with Gasteiger partial charge in [0.25, 0.3) is 0 Å². The maximum atomic E-state index is 5.42. The highest BCUT2D eigenvalue weighted by atomic mass is 16.5. The highest BCUT2D eigenvalue weighted by Gasteiger charge is 2.36. The Balaban J connectivity index is 2.20. The van der Waals surface area contributed by atoms with Crippen LogP contribution in [0.15, 0.2) is 6.20 Å². The van der Waals surface area contributed by atoms with E-state index in [9.17, 15) is 0 Å². The van der Waals surface area contributed by atoms with Gasteiger partial charge in [0.05, 0.1) is 19.0 Å². The number of nitrogens with one attached hydrogen (secondary N) is 1. The third-order valence-electron chi connectivity index (χ3n) is 4.04. The van der Waals surface area contributed by atoms with Crippen LogP contribution in [0.1, 0.15) is 38.3 Å². The maximum absolute atomic E-state index is 5.42. The molecule has 4 nitrogen and oxygen atoms in total. The summed E-state index contributed by atoms with van der Waals surface area (Å²) in [4.78, 5) is 0. The van der Waals surface area contributed by atoms with E-state index in [2.05, 4.69) is 24.3 Å². The Morgan fingerprint density at radius 3 is 2.94 bits per heavy atom. The highest BCUT2D eigenvalue weighted by molar-refractivity contribution is 5.30. The van der Waals surface area contributed by atoms with Crippen molar-refractivity contribution in [3.05, 3.63) is 11.9 Å². The maximum Gasteiger partial charge on any atom is 0.160 e. The van der Waals surface area contributed by atoms with E-state index in [4.69, 9.17) is 4.74 Å². The normalized spacial score (nSPS) is 28.6. The van der Waals surface area contributed by atoms with Gasteiger partial charge in [-0.2, -0.15) is 5.10 Å². The molecule has 0 saturated heterocycles. The van der Waals surface area contributed by atoms with Crippen molar-refractivity contribution < 1.29 is 4.74 Å².